The maximum absolute atomic E-state index is 12.9. The molecule has 1 fully saturated rings. The van der Waals surface area contributed by atoms with E-state index in [1.54, 1.807) is 4.90 Å². The number of nitrogens with zero attached hydrogens (tertiary/aromatic N) is 2. The van der Waals surface area contributed by atoms with Crippen LogP contribution in [0, 0.1) is 5.92 Å². The van der Waals surface area contributed by atoms with Crippen LogP contribution >= 0.6 is 12.4 Å². The first kappa shape index (κ1) is 17.4. The van der Waals surface area contributed by atoms with Crippen LogP contribution in [0.1, 0.15) is 24.8 Å². The van der Waals surface area contributed by atoms with E-state index in [0.717, 1.165) is 42.6 Å². The molecule has 0 aliphatic carbocycles. The van der Waals surface area contributed by atoms with Gasteiger partial charge in [-0.05, 0) is 43.4 Å². The predicted molar refractivity (Wildman–Crippen MR) is 92.7 cm³/mol. The second-order valence-corrected chi connectivity index (χ2v) is 6.06. The van der Waals surface area contributed by atoms with Crippen LogP contribution in [0.4, 0.5) is 16.2 Å². The van der Waals surface area contributed by atoms with Crippen LogP contribution in [0.2, 0.25) is 0 Å². The van der Waals surface area contributed by atoms with E-state index in [2.05, 4.69) is 0 Å². The van der Waals surface area contributed by atoms with Gasteiger partial charge in [-0.1, -0.05) is 6.07 Å². The lowest BCUT2D eigenvalue weighted by atomic mass is 9.93. The number of carbonyl (C=O) groups excluding carboxylic acids is 2. The number of fused-ring (bicyclic) bond motifs is 1. The monoisotopic (exact) mass is 338 g/mol. The second-order valence-electron chi connectivity index (χ2n) is 6.06. The van der Waals surface area contributed by atoms with Crippen molar-refractivity contribution in [3.05, 3.63) is 23.8 Å². The van der Waals surface area contributed by atoms with E-state index in [1.807, 2.05) is 23.1 Å². The number of hydrogen-bond donors (Lipinski definition) is 2. The maximum Gasteiger partial charge on any atom is 0.314 e. The van der Waals surface area contributed by atoms with E-state index in [0.29, 0.717) is 19.6 Å². The number of piperidine rings is 1. The molecule has 0 spiro atoms. The highest BCUT2D eigenvalue weighted by molar-refractivity contribution is 5.97. The van der Waals surface area contributed by atoms with Crippen molar-refractivity contribution in [2.75, 3.05) is 30.3 Å². The first-order chi connectivity index (χ1) is 10.6. The third-order valence-electron chi connectivity index (χ3n) is 4.64. The maximum atomic E-state index is 12.9. The van der Waals surface area contributed by atoms with E-state index < -0.39 is 6.03 Å². The summed E-state index contributed by atoms with van der Waals surface area (Å²) in [6, 6.07) is 5.27. The summed E-state index contributed by atoms with van der Waals surface area (Å²) in [5, 5.41) is 0. The van der Waals surface area contributed by atoms with E-state index in [-0.39, 0.29) is 24.2 Å². The molecule has 4 N–H and O–H groups in total. The molecule has 1 aromatic rings. The molecule has 1 unspecified atom stereocenters. The molecule has 2 heterocycles. The van der Waals surface area contributed by atoms with Gasteiger partial charge >= 0.3 is 6.03 Å². The van der Waals surface area contributed by atoms with Crippen molar-refractivity contribution >= 4 is 35.7 Å². The zero-order valence-corrected chi connectivity index (χ0v) is 13.8. The molecule has 3 rings (SSSR count). The Bertz CT molecular complexity index is 608. The summed E-state index contributed by atoms with van der Waals surface area (Å²) in [5.41, 5.74) is 14.1. The summed E-state index contributed by atoms with van der Waals surface area (Å²) < 4.78 is 0. The highest BCUT2D eigenvalue weighted by Gasteiger charge is 2.33. The number of anilines is 2. The van der Waals surface area contributed by atoms with Gasteiger partial charge in [0.25, 0.3) is 0 Å². The highest BCUT2D eigenvalue weighted by Crippen LogP contribution is 2.33. The lowest BCUT2D eigenvalue weighted by Crippen LogP contribution is -2.49. The van der Waals surface area contributed by atoms with Crippen LogP contribution in [-0.4, -0.2) is 36.5 Å². The van der Waals surface area contributed by atoms with Gasteiger partial charge < -0.3 is 21.3 Å². The number of carbonyl (C=O) groups is 2. The Morgan fingerprint density at radius 1 is 1.17 bits per heavy atom. The number of nitrogen functional groups attached to an aromatic ring is 1. The summed E-state index contributed by atoms with van der Waals surface area (Å²) in [5.74, 6) is -0.0915. The standard InChI is InChI=1S/C16H22N4O2.ClH/c17-13-6-1-7-14-12(13)5-3-9-20(14)15(21)11-4-2-8-19(10-11)16(18)22;/h1,6-7,11H,2-5,8-10,17H2,(H2,18,22);1H. The van der Waals surface area contributed by atoms with Gasteiger partial charge in [-0.15, -0.1) is 12.4 Å². The molecule has 0 bridgehead atoms. The number of hydrogen-bond acceptors (Lipinski definition) is 3. The average molecular weight is 339 g/mol. The Balaban J connectivity index is 0.00000192. The minimum absolute atomic E-state index is 0. The Kier molecular flexibility index (Phi) is 5.36. The van der Waals surface area contributed by atoms with Crippen LogP contribution in [0.3, 0.4) is 0 Å². The molecule has 2 aliphatic heterocycles. The summed E-state index contributed by atoms with van der Waals surface area (Å²) in [7, 11) is 0. The molecule has 6 nitrogen and oxygen atoms in total. The summed E-state index contributed by atoms with van der Waals surface area (Å²) in [6.07, 6.45) is 3.44. The number of nitrogens with two attached hydrogens (primary N) is 2. The van der Waals surface area contributed by atoms with Gasteiger partial charge in [0.1, 0.15) is 0 Å². The van der Waals surface area contributed by atoms with Crippen molar-refractivity contribution < 1.29 is 9.59 Å². The number of benzene rings is 1. The van der Waals surface area contributed by atoms with E-state index in [4.69, 9.17) is 11.5 Å². The van der Waals surface area contributed by atoms with Crippen molar-refractivity contribution in [1.82, 2.24) is 4.90 Å². The van der Waals surface area contributed by atoms with Gasteiger partial charge in [0.15, 0.2) is 0 Å². The van der Waals surface area contributed by atoms with Gasteiger partial charge in [-0.2, -0.15) is 0 Å². The molecule has 0 radical (unpaired) electrons. The number of likely N-dealkylation sites (tertiary alicyclic amines) is 1. The number of urea groups is 1. The van der Waals surface area contributed by atoms with Crippen molar-refractivity contribution in [1.29, 1.82) is 0 Å². The second kappa shape index (κ2) is 7.08. The molecule has 1 saturated heterocycles. The van der Waals surface area contributed by atoms with E-state index in [1.165, 1.54) is 0 Å². The minimum atomic E-state index is -0.444. The van der Waals surface area contributed by atoms with Crippen LogP contribution in [0.5, 0.6) is 0 Å². The lowest BCUT2D eigenvalue weighted by molar-refractivity contribution is -0.123. The Labute approximate surface area is 142 Å². The van der Waals surface area contributed by atoms with E-state index >= 15 is 0 Å². The van der Waals surface area contributed by atoms with Gasteiger partial charge in [-0.25, -0.2) is 4.79 Å². The fraction of sp³-hybridized carbons (Fsp3) is 0.500. The van der Waals surface area contributed by atoms with Gasteiger partial charge in [0.2, 0.25) is 5.91 Å². The molecular weight excluding hydrogens is 316 g/mol. The number of amides is 3. The normalized spacial score (nSPS) is 20.4. The topological polar surface area (TPSA) is 92.7 Å². The SMILES string of the molecule is Cl.NC(=O)N1CCCC(C(=O)N2CCCc3c(N)cccc32)C1. The quantitative estimate of drug-likeness (QED) is 0.764. The molecule has 7 heteroatoms. The van der Waals surface area contributed by atoms with E-state index in [9.17, 15) is 9.59 Å². The van der Waals surface area contributed by atoms with Gasteiger partial charge in [0.05, 0.1) is 5.92 Å². The fourth-order valence-corrected chi connectivity index (χ4v) is 3.48. The Morgan fingerprint density at radius 3 is 2.70 bits per heavy atom. The van der Waals surface area contributed by atoms with Gasteiger partial charge in [-0.3, -0.25) is 4.79 Å². The Morgan fingerprint density at radius 2 is 1.96 bits per heavy atom. The predicted octanol–water partition coefficient (Wildman–Crippen LogP) is 1.76. The molecule has 2 aliphatic rings. The van der Waals surface area contributed by atoms with Gasteiger partial charge in [0, 0.05) is 31.0 Å². The molecule has 0 aromatic heterocycles. The molecule has 23 heavy (non-hydrogen) atoms. The molecule has 3 amide bonds. The minimum Gasteiger partial charge on any atom is -0.398 e. The summed E-state index contributed by atoms with van der Waals surface area (Å²) in [4.78, 5) is 27.7. The smallest absolute Gasteiger partial charge is 0.314 e. The number of halogens is 1. The first-order valence-electron chi connectivity index (χ1n) is 7.81. The number of primary amides is 1. The van der Waals surface area contributed by atoms with Crippen molar-refractivity contribution in [2.45, 2.75) is 25.7 Å². The highest BCUT2D eigenvalue weighted by atomic mass is 35.5. The molecule has 0 saturated carbocycles. The zero-order valence-electron chi connectivity index (χ0n) is 13.0. The number of rotatable bonds is 1. The van der Waals surface area contributed by atoms with Crippen molar-refractivity contribution in [3.63, 3.8) is 0 Å². The molecule has 1 aromatic carbocycles. The lowest BCUT2D eigenvalue weighted by Gasteiger charge is -2.36. The average Bonchev–Trinajstić information content (AvgIpc) is 2.54. The van der Waals surface area contributed by atoms with Crippen molar-refractivity contribution in [3.8, 4) is 0 Å². The Hall–Kier alpha value is -1.95. The van der Waals surface area contributed by atoms with Crippen LogP contribution < -0.4 is 16.4 Å². The summed E-state index contributed by atoms with van der Waals surface area (Å²) in [6.45, 7) is 1.77. The molecule has 1 atom stereocenters. The first-order valence-corrected chi connectivity index (χ1v) is 7.81. The summed E-state index contributed by atoms with van der Waals surface area (Å²) >= 11 is 0. The molecule has 126 valence electrons. The third-order valence-corrected chi connectivity index (χ3v) is 4.64. The van der Waals surface area contributed by atoms with Crippen LogP contribution in [0.15, 0.2) is 18.2 Å². The fourth-order valence-electron chi connectivity index (χ4n) is 3.48. The molecular formula is C16H23ClN4O2. The zero-order chi connectivity index (χ0) is 15.7. The van der Waals surface area contributed by atoms with Crippen LogP contribution in [-0.2, 0) is 11.2 Å². The van der Waals surface area contributed by atoms with Crippen LogP contribution in [0.25, 0.3) is 0 Å². The largest absolute Gasteiger partial charge is 0.398 e. The van der Waals surface area contributed by atoms with Crippen molar-refractivity contribution in [2.24, 2.45) is 11.7 Å². The third kappa shape index (κ3) is 3.37.